The Kier molecular flexibility index (Phi) is 2.87. The molecule has 0 aliphatic rings. The molecule has 0 fully saturated rings. The van der Waals surface area contributed by atoms with E-state index in [-0.39, 0.29) is 5.16 Å². The van der Waals surface area contributed by atoms with Crippen LogP contribution in [0.5, 0.6) is 0 Å². The molecule has 1 unspecified atom stereocenters. The van der Waals surface area contributed by atoms with E-state index in [1.165, 1.54) is 12.4 Å². The lowest BCUT2D eigenvalue weighted by atomic mass is 10.7. The molecular weight excluding hydrogens is 180 g/mol. The number of carboxylic acid groups (broad SMARTS) is 1. The van der Waals surface area contributed by atoms with Crippen LogP contribution in [0.2, 0.25) is 0 Å². The summed E-state index contributed by atoms with van der Waals surface area (Å²) >= 11 is 0. The molecule has 0 aliphatic heterocycles. The van der Waals surface area contributed by atoms with Crippen molar-refractivity contribution in [2.24, 2.45) is 0 Å². The van der Waals surface area contributed by atoms with Gasteiger partial charge in [0.25, 0.3) is 0 Å². The van der Waals surface area contributed by atoms with Crippen molar-refractivity contribution in [3.05, 3.63) is 18.5 Å². The second-order valence-corrected chi connectivity index (χ2v) is 3.26. The zero-order valence-electron chi connectivity index (χ0n) is 6.01. The summed E-state index contributed by atoms with van der Waals surface area (Å²) < 4.78 is 11.1. The van der Waals surface area contributed by atoms with E-state index in [9.17, 15) is 9.00 Å². The number of aliphatic carboxylic acids is 1. The van der Waals surface area contributed by atoms with Crippen molar-refractivity contribution in [3.8, 4) is 0 Å². The van der Waals surface area contributed by atoms with E-state index in [0.717, 1.165) is 0 Å². The highest BCUT2D eigenvalue weighted by Crippen LogP contribution is 1.95. The summed E-state index contributed by atoms with van der Waals surface area (Å²) in [6, 6.07) is 1.57. The van der Waals surface area contributed by atoms with Gasteiger partial charge in [0, 0.05) is 12.4 Å². The van der Waals surface area contributed by atoms with Crippen molar-refractivity contribution >= 4 is 16.8 Å². The van der Waals surface area contributed by atoms with E-state index in [1.807, 2.05) is 0 Å². The minimum atomic E-state index is -1.64. The second kappa shape index (κ2) is 3.91. The van der Waals surface area contributed by atoms with Crippen molar-refractivity contribution in [3.63, 3.8) is 0 Å². The minimum Gasteiger partial charge on any atom is -0.481 e. The van der Waals surface area contributed by atoms with Crippen LogP contribution >= 0.6 is 0 Å². The number of carbonyl (C=O) groups is 1. The molecule has 0 spiro atoms. The van der Waals surface area contributed by atoms with Crippen LogP contribution in [0.4, 0.5) is 0 Å². The average Bonchev–Trinajstić information content (AvgIpc) is 2.05. The summed E-state index contributed by atoms with van der Waals surface area (Å²) in [6.07, 6.45) is 2.84. The molecule has 64 valence electrons. The zero-order chi connectivity index (χ0) is 8.97. The van der Waals surface area contributed by atoms with Gasteiger partial charge in [0.15, 0.2) is 0 Å². The molecule has 0 aliphatic carbocycles. The van der Waals surface area contributed by atoms with Gasteiger partial charge in [0.05, 0.1) is 0 Å². The molecule has 12 heavy (non-hydrogen) atoms. The maximum Gasteiger partial charge on any atom is 0.316 e. The highest BCUT2D eigenvalue weighted by Gasteiger charge is 2.09. The van der Waals surface area contributed by atoms with Crippen molar-refractivity contribution in [1.82, 2.24) is 9.97 Å². The van der Waals surface area contributed by atoms with Crippen LogP contribution in [0.15, 0.2) is 23.6 Å². The first kappa shape index (κ1) is 8.79. The summed E-state index contributed by atoms with van der Waals surface area (Å²) in [4.78, 5) is 17.4. The predicted octanol–water partition coefficient (Wildman–Crippen LogP) is -0.331. The van der Waals surface area contributed by atoms with E-state index < -0.39 is 22.5 Å². The first-order valence-electron chi connectivity index (χ1n) is 3.07. The van der Waals surface area contributed by atoms with Gasteiger partial charge in [0.1, 0.15) is 16.6 Å². The maximum absolute atomic E-state index is 11.1. The lowest BCUT2D eigenvalue weighted by Gasteiger charge is -1.94. The predicted molar refractivity (Wildman–Crippen MR) is 40.9 cm³/mol. The fraction of sp³-hybridized carbons (Fsp3) is 0.167. The molecule has 0 radical (unpaired) electrons. The van der Waals surface area contributed by atoms with Crippen molar-refractivity contribution in [2.75, 3.05) is 5.75 Å². The van der Waals surface area contributed by atoms with Crippen molar-refractivity contribution in [2.45, 2.75) is 5.16 Å². The standard InChI is InChI=1S/C6H6N2O3S/c9-5(10)4-12(11)6-7-2-1-3-8-6/h1-3H,4H2,(H,9,10). The van der Waals surface area contributed by atoms with Gasteiger partial charge < -0.3 is 5.11 Å². The fourth-order valence-electron chi connectivity index (χ4n) is 0.580. The molecular formula is C6H6N2O3S. The quantitative estimate of drug-likeness (QED) is 0.654. The molecule has 1 N–H and O–H groups in total. The summed E-state index contributed by atoms with van der Waals surface area (Å²) in [5.41, 5.74) is 0. The van der Waals surface area contributed by atoms with Crippen LogP contribution < -0.4 is 0 Å². The Morgan fingerprint density at radius 1 is 1.50 bits per heavy atom. The molecule has 0 aromatic carbocycles. The molecule has 1 rings (SSSR count). The number of rotatable bonds is 3. The molecule has 1 heterocycles. The number of hydrogen-bond acceptors (Lipinski definition) is 4. The first-order valence-corrected chi connectivity index (χ1v) is 4.39. The summed E-state index contributed by atoms with van der Waals surface area (Å²) in [5, 5.41) is 8.35. The number of aromatic nitrogens is 2. The average molecular weight is 186 g/mol. The summed E-state index contributed by atoms with van der Waals surface area (Å²) in [6.45, 7) is 0. The zero-order valence-corrected chi connectivity index (χ0v) is 6.82. The Hall–Kier alpha value is -1.30. The van der Waals surface area contributed by atoms with E-state index in [1.54, 1.807) is 6.07 Å². The van der Waals surface area contributed by atoms with Crippen LogP contribution in [0.25, 0.3) is 0 Å². The molecule has 1 atom stereocenters. The topological polar surface area (TPSA) is 80.1 Å². The number of carboxylic acids is 1. The maximum atomic E-state index is 11.1. The first-order chi connectivity index (χ1) is 5.70. The lowest BCUT2D eigenvalue weighted by molar-refractivity contribution is -0.133. The van der Waals surface area contributed by atoms with Crippen LogP contribution in [-0.2, 0) is 15.6 Å². The van der Waals surface area contributed by atoms with Crippen LogP contribution in [-0.4, -0.2) is 31.0 Å². The van der Waals surface area contributed by atoms with E-state index in [2.05, 4.69) is 9.97 Å². The normalized spacial score (nSPS) is 12.3. The van der Waals surface area contributed by atoms with Crippen LogP contribution in [0.3, 0.4) is 0 Å². The van der Waals surface area contributed by atoms with E-state index >= 15 is 0 Å². The van der Waals surface area contributed by atoms with E-state index in [4.69, 9.17) is 5.11 Å². The van der Waals surface area contributed by atoms with Crippen LogP contribution in [0.1, 0.15) is 0 Å². The fourth-order valence-corrected chi connectivity index (χ4v) is 1.29. The lowest BCUT2D eigenvalue weighted by Crippen LogP contribution is -2.11. The van der Waals surface area contributed by atoms with Gasteiger partial charge >= 0.3 is 5.97 Å². The second-order valence-electron chi connectivity index (χ2n) is 1.91. The molecule has 0 amide bonds. The SMILES string of the molecule is O=C(O)CS(=O)c1ncccn1. The van der Waals surface area contributed by atoms with E-state index in [0.29, 0.717) is 0 Å². The van der Waals surface area contributed by atoms with Gasteiger partial charge in [0.2, 0.25) is 5.16 Å². The molecule has 5 nitrogen and oxygen atoms in total. The third-order valence-corrected chi connectivity index (χ3v) is 2.13. The van der Waals surface area contributed by atoms with Gasteiger partial charge in [-0.15, -0.1) is 0 Å². The molecule has 0 saturated heterocycles. The number of hydrogen-bond donors (Lipinski definition) is 1. The molecule has 1 aromatic rings. The van der Waals surface area contributed by atoms with Crippen molar-refractivity contribution in [1.29, 1.82) is 0 Å². The van der Waals surface area contributed by atoms with Gasteiger partial charge in [-0.2, -0.15) is 0 Å². The van der Waals surface area contributed by atoms with Gasteiger partial charge in [-0.25, -0.2) is 9.97 Å². The Bertz CT molecular complexity index is 301. The highest BCUT2D eigenvalue weighted by molar-refractivity contribution is 7.85. The molecule has 0 bridgehead atoms. The number of nitrogens with zero attached hydrogens (tertiary/aromatic N) is 2. The Labute approximate surface area is 70.9 Å². The third-order valence-electron chi connectivity index (χ3n) is 1.00. The molecule has 6 heteroatoms. The van der Waals surface area contributed by atoms with Gasteiger partial charge in [-0.3, -0.25) is 9.00 Å². The Morgan fingerprint density at radius 2 is 2.08 bits per heavy atom. The summed E-state index contributed by atoms with van der Waals surface area (Å²) in [7, 11) is -1.64. The monoisotopic (exact) mass is 186 g/mol. The minimum absolute atomic E-state index is 0.0555. The summed E-state index contributed by atoms with van der Waals surface area (Å²) in [5.74, 6) is -1.58. The third kappa shape index (κ3) is 2.39. The highest BCUT2D eigenvalue weighted by atomic mass is 32.2. The van der Waals surface area contributed by atoms with Crippen LogP contribution in [0, 0.1) is 0 Å². The Morgan fingerprint density at radius 3 is 2.58 bits per heavy atom. The van der Waals surface area contributed by atoms with Gasteiger partial charge in [-0.1, -0.05) is 0 Å². The Balaban J connectivity index is 2.73. The smallest absolute Gasteiger partial charge is 0.316 e. The molecule has 0 saturated carbocycles. The van der Waals surface area contributed by atoms with Crippen molar-refractivity contribution < 1.29 is 14.1 Å². The largest absolute Gasteiger partial charge is 0.481 e. The molecule has 1 aromatic heterocycles. The van der Waals surface area contributed by atoms with Gasteiger partial charge in [-0.05, 0) is 6.07 Å².